The number of benzene rings is 2. The first kappa shape index (κ1) is 22.5. The Balaban J connectivity index is 1.93. The molecule has 10 heteroatoms. The average molecular weight is 448 g/mol. The van der Waals surface area contributed by atoms with Gasteiger partial charge >= 0.3 is 6.18 Å². The molecule has 0 spiro atoms. The molecule has 162 valence electrons. The number of Topliss-reactive ketones (excluding diaryl/α,β-unsaturated/α-hetero) is 1. The number of carbonyl (C=O) groups is 1. The van der Waals surface area contributed by atoms with E-state index in [1.165, 1.54) is 19.1 Å². The topological polar surface area (TPSA) is 84.0 Å². The van der Waals surface area contributed by atoms with E-state index in [2.05, 4.69) is 20.6 Å². The molecule has 0 saturated carbocycles. The van der Waals surface area contributed by atoms with Crippen molar-refractivity contribution >= 4 is 41.4 Å². The smallest absolute Gasteiger partial charge is 0.340 e. The van der Waals surface area contributed by atoms with Crippen LogP contribution in [-0.2, 0) is 10.7 Å². The van der Waals surface area contributed by atoms with Crippen molar-refractivity contribution < 1.29 is 22.5 Å². The molecule has 0 radical (unpaired) electrons. The number of rotatable bonds is 6. The highest BCUT2D eigenvalue weighted by Crippen LogP contribution is 2.36. The van der Waals surface area contributed by atoms with Crippen LogP contribution in [0, 0.1) is 0 Å². The molecule has 3 rings (SSSR count). The third kappa shape index (κ3) is 5.70. The number of nitrogens with zero attached hydrogens (tertiary/aromatic N) is 2. The van der Waals surface area contributed by atoms with Gasteiger partial charge < -0.3 is 15.2 Å². The lowest BCUT2D eigenvalue weighted by molar-refractivity contribution is -0.137. The molecule has 2 N–H and O–H groups in total. The fraction of sp³-hybridized carbons (Fsp3) is 0.190. The first-order chi connectivity index (χ1) is 14.4. The van der Waals surface area contributed by atoms with E-state index in [4.69, 9.17) is 0 Å². The molecule has 1 aromatic heterocycles. The Kier molecular flexibility index (Phi) is 6.18. The van der Waals surface area contributed by atoms with E-state index >= 15 is 0 Å². The second-order valence-corrected chi connectivity index (χ2v) is 10.5. The third-order valence-electron chi connectivity index (χ3n) is 4.37. The maximum absolute atomic E-state index is 13.5. The highest BCUT2D eigenvalue weighted by Gasteiger charge is 2.35. The number of alkyl halides is 3. The van der Waals surface area contributed by atoms with Crippen LogP contribution in [0.15, 0.2) is 54.7 Å². The van der Waals surface area contributed by atoms with E-state index in [1.807, 2.05) is 0 Å². The summed E-state index contributed by atoms with van der Waals surface area (Å²) in [5.41, 5.74) is 0.130. The lowest BCUT2D eigenvalue weighted by atomic mass is 10.1. The molecule has 31 heavy (non-hydrogen) atoms. The minimum Gasteiger partial charge on any atom is -0.340 e. The molecule has 6 nitrogen and oxygen atoms in total. The minimum absolute atomic E-state index is 0.0536. The van der Waals surface area contributed by atoms with E-state index in [0.29, 0.717) is 22.8 Å². The van der Waals surface area contributed by atoms with E-state index < -0.39 is 24.7 Å². The summed E-state index contributed by atoms with van der Waals surface area (Å²) in [7, 11) is -2.42. The van der Waals surface area contributed by atoms with Crippen LogP contribution in [0.1, 0.15) is 22.8 Å². The van der Waals surface area contributed by atoms with Crippen molar-refractivity contribution in [2.24, 2.45) is 0 Å². The lowest BCUT2D eigenvalue weighted by Crippen LogP contribution is -2.13. The zero-order chi connectivity index (χ0) is 22.8. The van der Waals surface area contributed by atoms with Crippen LogP contribution < -0.4 is 15.9 Å². The second-order valence-electron chi connectivity index (χ2n) is 7.24. The van der Waals surface area contributed by atoms with Crippen molar-refractivity contribution in [2.45, 2.75) is 13.1 Å². The molecule has 0 aliphatic carbocycles. The monoisotopic (exact) mass is 448 g/mol. The second kappa shape index (κ2) is 8.51. The number of carbonyl (C=O) groups excluding carboxylic acids is 1. The van der Waals surface area contributed by atoms with Crippen LogP contribution >= 0.6 is 7.14 Å². The van der Waals surface area contributed by atoms with Crippen molar-refractivity contribution in [1.29, 1.82) is 0 Å². The van der Waals surface area contributed by atoms with Gasteiger partial charge in [-0.25, -0.2) is 4.98 Å². The molecule has 1 heterocycles. The number of nitrogens with one attached hydrogen (secondary N) is 2. The summed E-state index contributed by atoms with van der Waals surface area (Å²) >= 11 is 0. The fourth-order valence-corrected chi connectivity index (χ4v) is 3.60. The van der Waals surface area contributed by atoms with Crippen LogP contribution in [0.4, 0.5) is 36.3 Å². The van der Waals surface area contributed by atoms with E-state index in [-0.39, 0.29) is 17.4 Å². The molecule has 0 bridgehead atoms. The van der Waals surface area contributed by atoms with E-state index in [9.17, 15) is 22.5 Å². The Bertz CT molecular complexity index is 1160. The standard InChI is InChI=1S/C21H20F3N4O2P/c1-13(29)14-5-4-6-16(11-14)26-19-18(21(22,23)24)12-25-20(28-19)27-15-7-9-17(10-8-15)31(2,3)30/h4-12H,1-3H3,(H2,25,26,27,28). The molecule has 0 saturated heterocycles. The van der Waals surface area contributed by atoms with Gasteiger partial charge in [0.15, 0.2) is 5.78 Å². The summed E-state index contributed by atoms with van der Waals surface area (Å²) in [5, 5.41) is 6.15. The van der Waals surface area contributed by atoms with Gasteiger partial charge in [0, 0.05) is 28.4 Å². The quantitative estimate of drug-likeness (QED) is 0.386. The van der Waals surface area contributed by atoms with Gasteiger partial charge in [0.1, 0.15) is 18.5 Å². The number of hydrogen-bond acceptors (Lipinski definition) is 6. The molecule has 0 amide bonds. The zero-order valence-electron chi connectivity index (χ0n) is 17.0. The first-order valence-electron chi connectivity index (χ1n) is 9.18. The Labute approximate surface area is 177 Å². The maximum Gasteiger partial charge on any atom is 0.421 e. The summed E-state index contributed by atoms with van der Waals surface area (Å²) < 4.78 is 52.5. The molecule has 0 fully saturated rings. The fourth-order valence-electron chi connectivity index (χ4n) is 2.73. The van der Waals surface area contributed by atoms with Crippen molar-refractivity contribution in [3.05, 3.63) is 65.9 Å². The number of ketones is 1. The third-order valence-corrected chi connectivity index (χ3v) is 5.91. The van der Waals surface area contributed by atoms with E-state index in [0.717, 1.165) is 0 Å². The normalized spacial score (nSPS) is 11.8. The summed E-state index contributed by atoms with van der Waals surface area (Å²) in [6.45, 7) is 4.66. The average Bonchev–Trinajstić information content (AvgIpc) is 2.67. The maximum atomic E-state index is 13.5. The van der Waals surface area contributed by atoms with Crippen LogP contribution in [0.2, 0.25) is 0 Å². The lowest BCUT2D eigenvalue weighted by Gasteiger charge is -2.15. The highest BCUT2D eigenvalue weighted by atomic mass is 31.2. The van der Waals surface area contributed by atoms with Gasteiger partial charge in [0.2, 0.25) is 5.95 Å². The van der Waals surface area contributed by atoms with Crippen molar-refractivity contribution in [3.63, 3.8) is 0 Å². The molecular formula is C21H20F3N4O2P. The van der Waals surface area contributed by atoms with Crippen molar-refractivity contribution in [1.82, 2.24) is 9.97 Å². The van der Waals surface area contributed by atoms with Gasteiger partial charge in [-0.1, -0.05) is 12.1 Å². The number of hydrogen-bond donors (Lipinski definition) is 2. The Morgan fingerprint density at radius 1 is 1.00 bits per heavy atom. The van der Waals surface area contributed by atoms with Crippen LogP contribution in [0.5, 0.6) is 0 Å². The number of aromatic nitrogens is 2. The molecule has 3 aromatic rings. The van der Waals surface area contributed by atoms with Gasteiger partial charge in [-0.05, 0) is 56.7 Å². The van der Waals surface area contributed by atoms with Crippen LogP contribution in [-0.4, -0.2) is 29.1 Å². The Morgan fingerprint density at radius 2 is 1.68 bits per heavy atom. The summed E-state index contributed by atoms with van der Waals surface area (Å²) in [6, 6.07) is 12.8. The minimum atomic E-state index is -4.68. The summed E-state index contributed by atoms with van der Waals surface area (Å²) in [5.74, 6) is -0.715. The number of anilines is 4. The van der Waals surface area contributed by atoms with Crippen LogP contribution in [0.25, 0.3) is 0 Å². The van der Waals surface area contributed by atoms with Gasteiger partial charge in [-0.2, -0.15) is 18.2 Å². The summed E-state index contributed by atoms with van der Waals surface area (Å²) in [4.78, 5) is 19.3. The van der Waals surface area contributed by atoms with Crippen LogP contribution in [0.3, 0.4) is 0 Å². The first-order valence-corrected chi connectivity index (χ1v) is 11.8. The molecule has 2 aromatic carbocycles. The molecule has 0 atom stereocenters. The van der Waals surface area contributed by atoms with Crippen molar-refractivity contribution in [2.75, 3.05) is 24.0 Å². The van der Waals surface area contributed by atoms with Gasteiger partial charge in [-0.15, -0.1) is 0 Å². The Hall–Kier alpha value is -3.19. The molecule has 0 unspecified atom stereocenters. The van der Waals surface area contributed by atoms with Gasteiger partial charge in [0.05, 0.1) is 0 Å². The van der Waals surface area contributed by atoms with E-state index in [1.54, 1.807) is 49.7 Å². The molecule has 0 aliphatic rings. The zero-order valence-corrected chi connectivity index (χ0v) is 17.9. The van der Waals surface area contributed by atoms with Crippen molar-refractivity contribution in [3.8, 4) is 0 Å². The highest BCUT2D eigenvalue weighted by molar-refractivity contribution is 7.70. The molecular weight excluding hydrogens is 428 g/mol. The largest absolute Gasteiger partial charge is 0.421 e. The SMILES string of the molecule is CC(=O)c1cccc(Nc2nc(Nc3ccc(P(C)(C)=O)cc3)ncc2C(F)(F)F)c1. The summed E-state index contributed by atoms with van der Waals surface area (Å²) in [6.07, 6.45) is -3.99. The van der Waals surface area contributed by atoms with Gasteiger partial charge in [0.25, 0.3) is 0 Å². The Morgan fingerprint density at radius 3 is 2.26 bits per heavy atom. The van der Waals surface area contributed by atoms with Gasteiger partial charge in [-0.3, -0.25) is 4.79 Å². The number of halogens is 3. The molecule has 0 aliphatic heterocycles. The predicted octanol–water partition coefficient (Wildman–Crippen LogP) is 5.43. The predicted molar refractivity (Wildman–Crippen MR) is 116 cm³/mol.